The Hall–Kier alpha value is 0.250. The molecule has 0 radical (unpaired) electrons. The van der Waals surface area contributed by atoms with E-state index in [0.717, 1.165) is 24.8 Å². The Morgan fingerprint density at radius 1 is 1.45 bits per heavy atom. The van der Waals surface area contributed by atoms with Crippen LogP contribution in [0.1, 0.15) is 26.7 Å². The zero-order valence-corrected chi connectivity index (χ0v) is 8.69. The van der Waals surface area contributed by atoms with Gasteiger partial charge in [0, 0.05) is 12.4 Å². The predicted octanol–water partition coefficient (Wildman–Crippen LogP) is 2.59. The summed E-state index contributed by atoms with van der Waals surface area (Å²) in [5.74, 6) is 1.60. The summed E-state index contributed by atoms with van der Waals surface area (Å²) in [6, 6.07) is 0. The summed E-state index contributed by atoms with van der Waals surface area (Å²) in [5, 5.41) is 0. The van der Waals surface area contributed by atoms with Crippen LogP contribution in [0.5, 0.6) is 0 Å². The number of halogens is 1. The average molecular weight is 178 g/mol. The van der Waals surface area contributed by atoms with Crippen LogP contribution in [0.2, 0.25) is 0 Å². The largest absolute Gasteiger partial charge is 0.306 e. The lowest BCUT2D eigenvalue weighted by Gasteiger charge is -2.19. The van der Waals surface area contributed by atoms with E-state index < -0.39 is 0 Å². The van der Waals surface area contributed by atoms with E-state index >= 15 is 0 Å². The smallest absolute Gasteiger partial charge is 0.0235 e. The Bertz CT molecular complexity index is 85.6. The Labute approximate surface area is 75.7 Å². The first-order valence-corrected chi connectivity index (χ1v) is 4.98. The number of hydrogen-bond donors (Lipinski definition) is 0. The molecule has 1 atom stereocenters. The molecule has 0 saturated carbocycles. The standard InChI is InChI=1S/C9H20ClN/c1-4-9(2)8-11(3)7-5-6-10/h9H,4-8H2,1-3H3. The Balaban J connectivity index is 3.27. The van der Waals surface area contributed by atoms with Gasteiger partial charge in [-0.25, -0.2) is 0 Å². The highest BCUT2D eigenvalue weighted by Crippen LogP contribution is 2.02. The van der Waals surface area contributed by atoms with E-state index in [4.69, 9.17) is 11.6 Å². The fourth-order valence-electron chi connectivity index (χ4n) is 1.08. The summed E-state index contributed by atoms with van der Waals surface area (Å²) in [6.45, 7) is 6.86. The summed E-state index contributed by atoms with van der Waals surface area (Å²) < 4.78 is 0. The van der Waals surface area contributed by atoms with Gasteiger partial charge in [-0.05, 0) is 25.9 Å². The number of nitrogens with zero attached hydrogens (tertiary/aromatic N) is 1. The van der Waals surface area contributed by atoms with Gasteiger partial charge in [-0.15, -0.1) is 11.6 Å². The van der Waals surface area contributed by atoms with Gasteiger partial charge in [-0.3, -0.25) is 0 Å². The van der Waals surface area contributed by atoms with Crippen LogP contribution in [0.25, 0.3) is 0 Å². The third-order valence-electron chi connectivity index (χ3n) is 1.99. The molecule has 0 aliphatic heterocycles. The predicted molar refractivity (Wildman–Crippen MR) is 52.3 cm³/mol. The zero-order valence-electron chi connectivity index (χ0n) is 7.94. The van der Waals surface area contributed by atoms with Gasteiger partial charge in [0.1, 0.15) is 0 Å². The van der Waals surface area contributed by atoms with E-state index in [1.807, 2.05) is 0 Å². The molecular formula is C9H20ClN. The molecule has 0 aromatic carbocycles. The summed E-state index contributed by atoms with van der Waals surface area (Å²) in [4.78, 5) is 2.36. The van der Waals surface area contributed by atoms with Crippen molar-refractivity contribution >= 4 is 11.6 Å². The van der Waals surface area contributed by atoms with Crippen molar-refractivity contribution in [3.05, 3.63) is 0 Å². The van der Waals surface area contributed by atoms with Gasteiger partial charge in [0.05, 0.1) is 0 Å². The van der Waals surface area contributed by atoms with Gasteiger partial charge >= 0.3 is 0 Å². The molecule has 1 nitrogen and oxygen atoms in total. The Kier molecular flexibility index (Phi) is 7.09. The Morgan fingerprint density at radius 3 is 2.55 bits per heavy atom. The van der Waals surface area contributed by atoms with Gasteiger partial charge in [0.15, 0.2) is 0 Å². The van der Waals surface area contributed by atoms with Crippen molar-refractivity contribution in [1.29, 1.82) is 0 Å². The van der Waals surface area contributed by atoms with Crippen molar-refractivity contribution in [1.82, 2.24) is 4.90 Å². The third-order valence-corrected chi connectivity index (χ3v) is 2.26. The van der Waals surface area contributed by atoms with Crippen molar-refractivity contribution in [2.75, 3.05) is 26.0 Å². The third kappa shape index (κ3) is 6.64. The second kappa shape index (κ2) is 6.93. The maximum atomic E-state index is 5.59. The molecule has 0 saturated heterocycles. The van der Waals surface area contributed by atoms with Gasteiger partial charge in [0.2, 0.25) is 0 Å². The first-order valence-electron chi connectivity index (χ1n) is 4.45. The molecule has 0 aromatic rings. The molecule has 0 heterocycles. The van der Waals surface area contributed by atoms with Crippen molar-refractivity contribution in [2.24, 2.45) is 5.92 Å². The van der Waals surface area contributed by atoms with Crippen molar-refractivity contribution in [2.45, 2.75) is 26.7 Å². The van der Waals surface area contributed by atoms with E-state index in [9.17, 15) is 0 Å². The SMILES string of the molecule is CCC(C)CN(C)CCCCl. The number of hydrogen-bond acceptors (Lipinski definition) is 1. The lowest BCUT2D eigenvalue weighted by atomic mass is 10.1. The second-order valence-electron chi connectivity index (χ2n) is 3.32. The topological polar surface area (TPSA) is 3.24 Å². The normalized spacial score (nSPS) is 13.9. The van der Waals surface area contributed by atoms with Crippen LogP contribution in [-0.4, -0.2) is 30.9 Å². The fourth-order valence-corrected chi connectivity index (χ4v) is 1.20. The lowest BCUT2D eigenvalue weighted by Crippen LogP contribution is -2.25. The number of alkyl halides is 1. The second-order valence-corrected chi connectivity index (χ2v) is 3.70. The summed E-state index contributed by atoms with van der Waals surface area (Å²) in [7, 11) is 2.17. The van der Waals surface area contributed by atoms with Crippen molar-refractivity contribution in [3.8, 4) is 0 Å². The van der Waals surface area contributed by atoms with Gasteiger partial charge in [-0.2, -0.15) is 0 Å². The maximum Gasteiger partial charge on any atom is 0.0235 e. The summed E-state index contributed by atoms with van der Waals surface area (Å²) in [5.41, 5.74) is 0. The quantitative estimate of drug-likeness (QED) is 0.564. The Morgan fingerprint density at radius 2 is 2.09 bits per heavy atom. The maximum absolute atomic E-state index is 5.59. The van der Waals surface area contributed by atoms with Crippen LogP contribution in [0, 0.1) is 5.92 Å². The zero-order chi connectivity index (χ0) is 8.69. The van der Waals surface area contributed by atoms with Crippen LogP contribution in [-0.2, 0) is 0 Å². The van der Waals surface area contributed by atoms with E-state index in [0.29, 0.717) is 0 Å². The summed E-state index contributed by atoms with van der Waals surface area (Å²) >= 11 is 5.59. The minimum Gasteiger partial charge on any atom is -0.306 e. The highest BCUT2D eigenvalue weighted by Gasteiger charge is 2.02. The van der Waals surface area contributed by atoms with E-state index in [1.54, 1.807) is 0 Å². The van der Waals surface area contributed by atoms with Gasteiger partial charge in [0.25, 0.3) is 0 Å². The molecule has 0 rings (SSSR count). The molecule has 0 spiro atoms. The molecule has 11 heavy (non-hydrogen) atoms. The molecule has 0 aliphatic rings. The highest BCUT2D eigenvalue weighted by atomic mass is 35.5. The van der Waals surface area contributed by atoms with Crippen molar-refractivity contribution in [3.63, 3.8) is 0 Å². The fraction of sp³-hybridized carbons (Fsp3) is 1.00. The molecule has 2 heteroatoms. The molecule has 0 fully saturated rings. The van der Waals surface area contributed by atoms with Gasteiger partial charge < -0.3 is 4.90 Å². The molecule has 0 bridgehead atoms. The molecule has 0 N–H and O–H groups in total. The summed E-state index contributed by atoms with van der Waals surface area (Å²) in [6.07, 6.45) is 2.37. The number of rotatable bonds is 6. The molecule has 0 aliphatic carbocycles. The van der Waals surface area contributed by atoms with E-state index in [-0.39, 0.29) is 0 Å². The first kappa shape index (κ1) is 11.2. The lowest BCUT2D eigenvalue weighted by molar-refractivity contribution is 0.283. The molecule has 0 amide bonds. The van der Waals surface area contributed by atoms with E-state index in [1.165, 1.54) is 13.0 Å². The molecule has 68 valence electrons. The minimum absolute atomic E-state index is 0.783. The minimum atomic E-state index is 0.783. The average Bonchev–Trinajstić information content (AvgIpc) is 2.00. The van der Waals surface area contributed by atoms with Crippen LogP contribution >= 0.6 is 11.6 Å². The molecule has 0 aromatic heterocycles. The van der Waals surface area contributed by atoms with Crippen LogP contribution in [0.15, 0.2) is 0 Å². The van der Waals surface area contributed by atoms with E-state index in [2.05, 4.69) is 25.8 Å². The molecule has 1 unspecified atom stereocenters. The van der Waals surface area contributed by atoms with Crippen LogP contribution in [0.3, 0.4) is 0 Å². The van der Waals surface area contributed by atoms with Crippen LogP contribution in [0.4, 0.5) is 0 Å². The highest BCUT2D eigenvalue weighted by molar-refractivity contribution is 6.17. The van der Waals surface area contributed by atoms with Crippen molar-refractivity contribution < 1.29 is 0 Å². The molecular weight excluding hydrogens is 158 g/mol. The first-order chi connectivity index (χ1) is 5.20. The van der Waals surface area contributed by atoms with Crippen LogP contribution < -0.4 is 0 Å². The monoisotopic (exact) mass is 177 g/mol. The van der Waals surface area contributed by atoms with Gasteiger partial charge in [-0.1, -0.05) is 20.3 Å².